The van der Waals surface area contributed by atoms with Crippen LogP contribution in [-0.4, -0.2) is 47.8 Å². The molecule has 18 heavy (non-hydrogen) atoms. The molecule has 1 aliphatic heterocycles. The molecular weight excluding hydrogens is 224 g/mol. The van der Waals surface area contributed by atoms with Gasteiger partial charge < -0.3 is 15.3 Å². The molecule has 1 fully saturated rings. The van der Waals surface area contributed by atoms with Gasteiger partial charge in [-0.2, -0.15) is 0 Å². The second-order valence-electron chi connectivity index (χ2n) is 6.39. The molecule has 0 bridgehead atoms. The third kappa shape index (κ3) is 4.87. The third-order valence-electron chi connectivity index (χ3n) is 4.29. The Balaban J connectivity index is 2.18. The summed E-state index contributed by atoms with van der Waals surface area (Å²) in [5.41, 5.74) is -0.0847. The summed E-state index contributed by atoms with van der Waals surface area (Å²) in [6.45, 7) is 12.6. The Morgan fingerprint density at radius 2 is 2.06 bits per heavy atom. The Morgan fingerprint density at radius 1 is 1.33 bits per heavy atom. The Kier molecular flexibility index (Phi) is 6.61. The van der Waals surface area contributed by atoms with Crippen molar-refractivity contribution >= 4 is 0 Å². The Bertz CT molecular complexity index is 235. The monoisotopic (exact) mass is 256 g/mol. The molecule has 108 valence electrons. The normalized spacial score (nSPS) is 28.5. The second kappa shape index (κ2) is 7.46. The summed E-state index contributed by atoms with van der Waals surface area (Å²) in [6.07, 6.45) is 4.86. The molecular formula is C15H32N2O. The molecule has 0 spiro atoms. The predicted octanol–water partition coefficient (Wildman–Crippen LogP) is 2.25. The molecule has 3 nitrogen and oxygen atoms in total. The zero-order valence-corrected chi connectivity index (χ0v) is 12.7. The molecule has 1 saturated heterocycles. The molecule has 1 heterocycles. The number of nitrogens with zero attached hydrogens (tertiary/aromatic N) is 1. The number of aliphatic hydroxyl groups excluding tert-OH is 1. The van der Waals surface area contributed by atoms with Crippen LogP contribution in [0.25, 0.3) is 0 Å². The number of nitrogens with one attached hydrogen (secondary N) is 1. The molecule has 2 N–H and O–H groups in total. The largest absolute Gasteiger partial charge is 0.394 e. The zero-order valence-electron chi connectivity index (χ0n) is 12.7. The van der Waals surface area contributed by atoms with Crippen molar-refractivity contribution in [2.24, 2.45) is 5.92 Å². The van der Waals surface area contributed by atoms with Crippen LogP contribution in [0.2, 0.25) is 0 Å². The molecule has 3 atom stereocenters. The van der Waals surface area contributed by atoms with Gasteiger partial charge in [0, 0.05) is 18.1 Å². The summed E-state index contributed by atoms with van der Waals surface area (Å²) in [5, 5.41) is 12.8. The van der Waals surface area contributed by atoms with E-state index in [1.807, 2.05) is 0 Å². The van der Waals surface area contributed by atoms with Gasteiger partial charge in [0.1, 0.15) is 0 Å². The standard InChI is InChI=1S/C15H32N2O/c1-5-16-15(4,12-18)8-6-7-9-17-11-13(2)10-14(17)3/h13-14,16,18H,5-12H2,1-4H3. The Morgan fingerprint density at radius 3 is 2.56 bits per heavy atom. The summed E-state index contributed by atoms with van der Waals surface area (Å²) in [7, 11) is 0. The topological polar surface area (TPSA) is 35.5 Å². The summed E-state index contributed by atoms with van der Waals surface area (Å²) in [5.74, 6) is 0.865. The quantitative estimate of drug-likeness (QED) is 0.654. The predicted molar refractivity (Wildman–Crippen MR) is 77.8 cm³/mol. The van der Waals surface area contributed by atoms with E-state index in [1.54, 1.807) is 0 Å². The highest BCUT2D eigenvalue weighted by Gasteiger charge is 2.26. The van der Waals surface area contributed by atoms with Crippen LogP contribution in [0.4, 0.5) is 0 Å². The van der Waals surface area contributed by atoms with Crippen molar-refractivity contribution in [1.82, 2.24) is 10.2 Å². The summed E-state index contributed by atoms with van der Waals surface area (Å²) in [4.78, 5) is 2.62. The smallest absolute Gasteiger partial charge is 0.0610 e. The molecule has 0 radical (unpaired) electrons. The van der Waals surface area contributed by atoms with Gasteiger partial charge >= 0.3 is 0 Å². The first-order chi connectivity index (χ1) is 8.50. The number of likely N-dealkylation sites (tertiary alicyclic amines) is 1. The maximum Gasteiger partial charge on any atom is 0.0610 e. The van der Waals surface area contributed by atoms with Crippen LogP contribution in [0.3, 0.4) is 0 Å². The van der Waals surface area contributed by atoms with Gasteiger partial charge in [-0.05, 0) is 52.1 Å². The second-order valence-corrected chi connectivity index (χ2v) is 6.39. The molecule has 0 aromatic heterocycles. The molecule has 0 saturated carbocycles. The van der Waals surface area contributed by atoms with Gasteiger partial charge in [-0.25, -0.2) is 0 Å². The number of hydrogen-bond acceptors (Lipinski definition) is 3. The fourth-order valence-corrected chi connectivity index (χ4v) is 3.18. The molecule has 1 rings (SSSR count). The summed E-state index contributed by atoms with van der Waals surface area (Å²) in [6, 6.07) is 0.762. The van der Waals surface area contributed by atoms with Crippen LogP contribution in [0.15, 0.2) is 0 Å². The van der Waals surface area contributed by atoms with E-state index in [2.05, 4.69) is 37.9 Å². The minimum atomic E-state index is -0.0847. The average molecular weight is 256 g/mol. The number of unbranched alkanes of at least 4 members (excludes halogenated alkanes) is 1. The lowest BCUT2D eigenvalue weighted by Gasteiger charge is -2.29. The first kappa shape index (κ1) is 15.9. The van der Waals surface area contributed by atoms with E-state index in [9.17, 15) is 5.11 Å². The highest BCUT2D eigenvalue weighted by molar-refractivity contribution is 4.83. The average Bonchev–Trinajstić information content (AvgIpc) is 2.64. The van der Waals surface area contributed by atoms with Crippen LogP contribution in [0, 0.1) is 5.92 Å². The maximum absolute atomic E-state index is 9.43. The number of likely N-dealkylation sites (N-methyl/N-ethyl adjacent to an activating group) is 1. The van der Waals surface area contributed by atoms with Crippen LogP contribution in [0.5, 0.6) is 0 Å². The summed E-state index contributed by atoms with van der Waals surface area (Å²) < 4.78 is 0. The van der Waals surface area contributed by atoms with Crippen molar-refractivity contribution in [2.45, 2.75) is 65.0 Å². The van der Waals surface area contributed by atoms with Crippen molar-refractivity contribution in [1.29, 1.82) is 0 Å². The van der Waals surface area contributed by atoms with Crippen molar-refractivity contribution in [2.75, 3.05) is 26.2 Å². The molecule has 0 aromatic carbocycles. The van der Waals surface area contributed by atoms with E-state index < -0.39 is 0 Å². The van der Waals surface area contributed by atoms with E-state index >= 15 is 0 Å². The van der Waals surface area contributed by atoms with Gasteiger partial charge in [0.15, 0.2) is 0 Å². The van der Waals surface area contributed by atoms with Gasteiger partial charge in [-0.15, -0.1) is 0 Å². The van der Waals surface area contributed by atoms with Crippen LogP contribution in [0.1, 0.15) is 53.4 Å². The van der Waals surface area contributed by atoms with E-state index in [-0.39, 0.29) is 12.1 Å². The molecule has 3 unspecified atom stereocenters. The maximum atomic E-state index is 9.43. The lowest BCUT2D eigenvalue weighted by atomic mass is 9.95. The Hall–Kier alpha value is -0.120. The number of hydrogen-bond donors (Lipinski definition) is 2. The van der Waals surface area contributed by atoms with Crippen molar-refractivity contribution < 1.29 is 5.11 Å². The molecule has 0 amide bonds. The van der Waals surface area contributed by atoms with Crippen molar-refractivity contribution in [3.8, 4) is 0 Å². The van der Waals surface area contributed by atoms with Crippen LogP contribution >= 0.6 is 0 Å². The lowest BCUT2D eigenvalue weighted by Crippen LogP contribution is -2.45. The highest BCUT2D eigenvalue weighted by atomic mass is 16.3. The SMILES string of the molecule is CCNC(C)(CO)CCCCN1CC(C)CC1C. The first-order valence-electron chi connectivity index (χ1n) is 7.60. The molecule has 1 aliphatic rings. The Labute approximate surface area is 113 Å². The van der Waals surface area contributed by atoms with E-state index in [1.165, 1.54) is 32.4 Å². The minimum absolute atomic E-state index is 0.0847. The fourth-order valence-electron chi connectivity index (χ4n) is 3.18. The highest BCUT2D eigenvalue weighted by Crippen LogP contribution is 2.23. The van der Waals surface area contributed by atoms with Gasteiger partial charge in [-0.3, -0.25) is 0 Å². The number of rotatable bonds is 8. The lowest BCUT2D eigenvalue weighted by molar-refractivity contribution is 0.162. The van der Waals surface area contributed by atoms with Crippen molar-refractivity contribution in [3.05, 3.63) is 0 Å². The third-order valence-corrected chi connectivity index (χ3v) is 4.29. The van der Waals surface area contributed by atoms with Gasteiger partial charge in [0.2, 0.25) is 0 Å². The van der Waals surface area contributed by atoms with Crippen molar-refractivity contribution in [3.63, 3.8) is 0 Å². The first-order valence-corrected chi connectivity index (χ1v) is 7.60. The molecule has 0 aliphatic carbocycles. The summed E-state index contributed by atoms with van der Waals surface area (Å²) >= 11 is 0. The van der Waals surface area contributed by atoms with Gasteiger partial charge in [-0.1, -0.05) is 20.3 Å². The minimum Gasteiger partial charge on any atom is -0.394 e. The van der Waals surface area contributed by atoms with Crippen LogP contribution < -0.4 is 5.32 Å². The molecule has 0 aromatic rings. The van der Waals surface area contributed by atoms with Gasteiger partial charge in [0.25, 0.3) is 0 Å². The van der Waals surface area contributed by atoms with E-state index in [4.69, 9.17) is 0 Å². The van der Waals surface area contributed by atoms with E-state index in [0.717, 1.165) is 24.9 Å². The van der Waals surface area contributed by atoms with E-state index in [0.29, 0.717) is 0 Å². The fraction of sp³-hybridized carbons (Fsp3) is 1.00. The van der Waals surface area contributed by atoms with Crippen LogP contribution in [-0.2, 0) is 0 Å². The van der Waals surface area contributed by atoms with Gasteiger partial charge in [0.05, 0.1) is 6.61 Å². The zero-order chi connectivity index (χ0) is 13.6. The number of aliphatic hydroxyl groups is 1. The molecule has 3 heteroatoms.